The smallest absolute Gasteiger partial charge is 0.0725 e. The van der Waals surface area contributed by atoms with E-state index in [-0.39, 0.29) is 12.2 Å². The lowest BCUT2D eigenvalue weighted by Gasteiger charge is -2.46. The molecule has 0 aromatic carbocycles. The highest BCUT2D eigenvalue weighted by Crippen LogP contribution is 2.43. The van der Waals surface area contributed by atoms with E-state index in [0.717, 1.165) is 18.8 Å². The average molecular weight is 240 g/mol. The topological polar surface area (TPSA) is 29.5 Å². The molecule has 1 saturated heterocycles. The largest absolute Gasteiger partial charge is 0.389 e. The second kappa shape index (κ2) is 5.27. The molecule has 17 heavy (non-hydrogen) atoms. The van der Waals surface area contributed by atoms with E-state index in [1.54, 1.807) is 0 Å². The fourth-order valence-electron chi connectivity index (χ4n) is 4.05. The van der Waals surface area contributed by atoms with Crippen LogP contribution in [0.25, 0.3) is 0 Å². The van der Waals surface area contributed by atoms with Gasteiger partial charge in [-0.05, 0) is 38.5 Å². The van der Waals surface area contributed by atoms with E-state index in [1.807, 2.05) is 0 Å². The van der Waals surface area contributed by atoms with Crippen molar-refractivity contribution in [3.63, 3.8) is 0 Å². The van der Waals surface area contributed by atoms with Gasteiger partial charge >= 0.3 is 0 Å². The fraction of sp³-hybridized carbons (Fsp3) is 1.00. The van der Waals surface area contributed by atoms with Crippen molar-refractivity contribution in [2.45, 2.75) is 83.5 Å². The quantitative estimate of drug-likeness (QED) is 0.800. The lowest BCUT2D eigenvalue weighted by molar-refractivity contribution is -0.162. The fourth-order valence-corrected chi connectivity index (χ4v) is 4.05. The number of ether oxygens (including phenoxy) is 1. The SMILES string of the molecule is CCC1CCCC(C2(O)CC(C)OC(C)C2)C1. The summed E-state index contributed by atoms with van der Waals surface area (Å²) in [4.78, 5) is 0. The number of rotatable bonds is 2. The minimum Gasteiger partial charge on any atom is -0.389 e. The molecule has 0 amide bonds. The van der Waals surface area contributed by atoms with Crippen LogP contribution in [0.5, 0.6) is 0 Å². The van der Waals surface area contributed by atoms with Gasteiger partial charge in [0, 0.05) is 12.8 Å². The maximum absolute atomic E-state index is 11.0. The molecular formula is C15H28O2. The second-order valence-corrected chi connectivity index (χ2v) is 6.41. The number of hydrogen-bond donors (Lipinski definition) is 1. The van der Waals surface area contributed by atoms with Crippen molar-refractivity contribution in [1.82, 2.24) is 0 Å². The van der Waals surface area contributed by atoms with Crippen LogP contribution in [0.4, 0.5) is 0 Å². The zero-order chi connectivity index (χ0) is 12.5. The molecule has 2 heteroatoms. The van der Waals surface area contributed by atoms with Gasteiger partial charge in [-0.3, -0.25) is 0 Å². The summed E-state index contributed by atoms with van der Waals surface area (Å²) in [6.07, 6.45) is 8.47. The Labute approximate surface area is 106 Å². The van der Waals surface area contributed by atoms with Gasteiger partial charge < -0.3 is 9.84 Å². The lowest BCUT2D eigenvalue weighted by atomic mass is 9.68. The predicted octanol–water partition coefficient (Wildman–Crippen LogP) is 3.52. The van der Waals surface area contributed by atoms with Crippen LogP contribution in [0.3, 0.4) is 0 Å². The highest BCUT2D eigenvalue weighted by Gasteiger charge is 2.44. The van der Waals surface area contributed by atoms with Crippen molar-refractivity contribution in [2.24, 2.45) is 11.8 Å². The monoisotopic (exact) mass is 240 g/mol. The van der Waals surface area contributed by atoms with Gasteiger partial charge in [0.2, 0.25) is 0 Å². The van der Waals surface area contributed by atoms with Crippen molar-refractivity contribution >= 4 is 0 Å². The first kappa shape index (κ1) is 13.4. The Morgan fingerprint density at radius 2 is 1.82 bits per heavy atom. The highest BCUT2D eigenvalue weighted by molar-refractivity contribution is 4.95. The van der Waals surface area contributed by atoms with Crippen molar-refractivity contribution in [2.75, 3.05) is 0 Å². The molecule has 4 atom stereocenters. The molecule has 0 aromatic rings. The first-order valence-electron chi connectivity index (χ1n) is 7.41. The van der Waals surface area contributed by atoms with Gasteiger partial charge in [0.25, 0.3) is 0 Å². The summed E-state index contributed by atoms with van der Waals surface area (Å²) in [6.45, 7) is 6.48. The summed E-state index contributed by atoms with van der Waals surface area (Å²) in [7, 11) is 0. The Hall–Kier alpha value is -0.0800. The first-order valence-corrected chi connectivity index (χ1v) is 7.41. The molecule has 1 aliphatic heterocycles. The molecular weight excluding hydrogens is 212 g/mol. The minimum atomic E-state index is -0.453. The van der Waals surface area contributed by atoms with E-state index in [9.17, 15) is 5.11 Å². The molecule has 1 N–H and O–H groups in total. The first-order chi connectivity index (χ1) is 8.03. The zero-order valence-corrected chi connectivity index (χ0v) is 11.6. The van der Waals surface area contributed by atoms with Gasteiger partial charge in [0.1, 0.15) is 0 Å². The second-order valence-electron chi connectivity index (χ2n) is 6.41. The molecule has 100 valence electrons. The normalized spacial score (nSPS) is 48.0. The average Bonchev–Trinajstić information content (AvgIpc) is 2.27. The van der Waals surface area contributed by atoms with Gasteiger partial charge in [-0.25, -0.2) is 0 Å². The molecule has 0 radical (unpaired) electrons. The minimum absolute atomic E-state index is 0.214. The Kier molecular flexibility index (Phi) is 4.14. The van der Waals surface area contributed by atoms with E-state index in [0.29, 0.717) is 5.92 Å². The molecule has 2 nitrogen and oxygen atoms in total. The highest BCUT2D eigenvalue weighted by atomic mass is 16.5. The van der Waals surface area contributed by atoms with E-state index >= 15 is 0 Å². The molecule has 0 spiro atoms. The summed E-state index contributed by atoms with van der Waals surface area (Å²) in [5.74, 6) is 1.35. The zero-order valence-electron chi connectivity index (χ0n) is 11.6. The summed E-state index contributed by atoms with van der Waals surface area (Å²) in [6, 6.07) is 0. The van der Waals surface area contributed by atoms with Crippen LogP contribution >= 0.6 is 0 Å². The Morgan fingerprint density at radius 3 is 2.41 bits per heavy atom. The predicted molar refractivity (Wildman–Crippen MR) is 69.9 cm³/mol. The van der Waals surface area contributed by atoms with E-state index < -0.39 is 5.60 Å². The number of hydrogen-bond acceptors (Lipinski definition) is 2. The van der Waals surface area contributed by atoms with Gasteiger partial charge in [-0.2, -0.15) is 0 Å². The Morgan fingerprint density at radius 1 is 1.18 bits per heavy atom. The summed E-state index contributed by atoms with van der Waals surface area (Å²) < 4.78 is 5.77. The molecule has 4 unspecified atom stereocenters. The maximum Gasteiger partial charge on any atom is 0.0725 e. The maximum atomic E-state index is 11.0. The Balaban J connectivity index is 2.03. The van der Waals surface area contributed by atoms with Gasteiger partial charge in [-0.15, -0.1) is 0 Å². The molecule has 1 aliphatic carbocycles. The van der Waals surface area contributed by atoms with E-state index in [4.69, 9.17) is 4.74 Å². The molecule has 2 aliphatic rings. The lowest BCUT2D eigenvalue weighted by Crippen LogP contribution is -2.49. The van der Waals surface area contributed by atoms with Crippen LogP contribution < -0.4 is 0 Å². The van der Waals surface area contributed by atoms with Crippen LogP contribution in [0.15, 0.2) is 0 Å². The Bertz CT molecular complexity index is 241. The van der Waals surface area contributed by atoms with Gasteiger partial charge in [0.05, 0.1) is 17.8 Å². The molecule has 1 saturated carbocycles. The van der Waals surface area contributed by atoms with Crippen molar-refractivity contribution < 1.29 is 9.84 Å². The third-order valence-corrected chi connectivity index (χ3v) is 4.87. The van der Waals surface area contributed by atoms with Crippen LogP contribution in [0.1, 0.15) is 65.7 Å². The molecule has 0 bridgehead atoms. The summed E-state index contributed by atoms with van der Waals surface area (Å²) in [5, 5.41) is 11.0. The van der Waals surface area contributed by atoms with E-state index in [1.165, 1.54) is 32.1 Å². The van der Waals surface area contributed by atoms with Crippen molar-refractivity contribution in [3.8, 4) is 0 Å². The van der Waals surface area contributed by atoms with Crippen LogP contribution in [0, 0.1) is 11.8 Å². The third-order valence-electron chi connectivity index (χ3n) is 4.87. The standard InChI is InChI=1S/C15H28O2/c1-4-13-6-5-7-14(8-13)15(16)9-11(2)17-12(3)10-15/h11-14,16H,4-10H2,1-3H3. The summed E-state index contributed by atoms with van der Waals surface area (Å²) >= 11 is 0. The van der Waals surface area contributed by atoms with Crippen LogP contribution in [0.2, 0.25) is 0 Å². The van der Waals surface area contributed by atoms with Crippen molar-refractivity contribution in [1.29, 1.82) is 0 Å². The van der Waals surface area contributed by atoms with E-state index in [2.05, 4.69) is 20.8 Å². The number of aliphatic hydroxyl groups is 1. The van der Waals surface area contributed by atoms with Gasteiger partial charge in [-0.1, -0.05) is 26.2 Å². The third kappa shape index (κ3) is 3.03. The van der Waals surface area contributed by atoms with Crippen LogP contribution in [-0.2, 0) is 4.74 Å². The summed E-state index contributed by atoms with van der Waals surface area (Å²) in [5.41, 5.74) is -0.453. The molecule has 1 heterocycles. The molecule has 2 fully saturated rings. The molecule has 0 aromatic heterocycles. The van der Waals surface area contributed by atoms with Crippen molar-refractivity contribution in [3.05, 3.63) is 0 Å². The molecule has 2 rings (SSSR count). The van der Waals surface area contributed by atoms with Gasteiger partial charge in [0.15, 0.2) is 0 Å². The van der Waals surface area contributed by atoms with Crippen LogP contribution in [-0.4, -0.2) is 22.9 Å².